The van der Waals surface area contributed by atoms with Gasteiger partial charge in [0.15, 0.2) is 11.0 Å². The van der Waals surface area contributed by atoms with E-state index in [0.717, 1.165) is 16.6 Å². The molecule has 0 saturated heterocycles. The summed E-state index contributed by atoms with van der Waals surface area (Å²) in [6.45, 7) is 2.24. The Balaban J connectivity index is 2.25. The van der Waals surface area contributed by atoms with Gasteiger partial charge in [-0.15, -0.1) is 0 Å². The lowest BCUT2D eigenvalue weighted by Crippen LogP contribution is -2.24. The second kappa shape index (κ2) is 4.35. The van der Waals surface area contributed by atoms with Crippen LogP contribution >= 0.6 is 0 Å². The molecule has 1 heterocycles. The van der Waals surface area contributed by atoms with E-state index in [9.17, 15) is 4.79 Å². The van der Waals surface area contributed by atoms with Crippen molar-refractivity contribution < 1.29 is 14.1 Å². The molecular formula is C12H15N2O2+. The highest BCUT2D eigenvalue weighted by Crippen LogP contribution is 2.11. The van der Waals surface area contributed by atoms with Gasteiger partial charge < -0.3 is 4.74 Å². The first kappa shape index (κ1) is 10.7. The van der Waals surface area contributed by atoms with Gasteiger partial charge in [0.2, 0.25) is 6.33 Å². The smallest absolute Gasteiger partial charge is 0.310 e. The van der Waals surface area contributed by atoms with Crippen molar-refractivity contribution in [3.05, 3.63) is 30.1 Å². The van der Waals surface area contributed by atoms with Crippen LogP contribution in [0.5, 0.6) is 0 Å². The second-order valence-electron chi connectivity index (χ2n) is 3.72. The third kappa shape index (κ3) is 2.05. The number of ether oxygens (including phenoxy) is 1. The number of H-pyrrole nitrogens is 1. The van der Waals surface area contributed by atoms with Crippen molar-refractivity contribution in [1.29, 1.82) is 0 Å². The monoisotopic (exact) mass is 219 g/mol. The fraction of sp³-hybridized carbons (Fsp3) is 0.333. The van der Waals surface area contributed by atoms with Gasteiger partial charge in [0.1, 0.15) is 0 Å². The van der Waals surface area contributed by atoms with Crippen LogP contribution in [0.15, 0.2) is 24.5 Å². The number of aromatic amines is 1. The van der Waals surface area contributed by atoms with Crippen LogP contribution in [-0.2, 0) is 23.0 Å². The number of imidazole rings is 1. The Kier molecular flexibility index (Phi) is 2.90. The number of esters is 1. The van der Waals surface area contributed by atoms with E-state index in [1.54, 1.807) is 0 Å². The second-order valence-corrected chi connectivity index (χ2v) is 3.72. The summed E-state index contributed by atoms with van der Waals surface area (Å²) in [4.78, 5) is 14.5. The number of aromatic nitrogens is 2. The number of benzene rings is 1. The number of rotatable bonds is 3. The first-order chi connectivity index (χ1) is 7.70. The molecule has 84 valence electrons. The van der Waals surface area contributed by atoms with Crippen LogP contribution in [0.4, 0.5) is 0 Å². The minimum atomic E-state index is -0.181. The van der Waals surface area contributed by atoms with Crippen molar-refractivity contribution in [2.24, 2.45) is 7.05 Å². The molecule has 16 heavy (non-hydrogen) atoms. The minimum Gasteiger partial charge on any atom is -0.466 e. The first-order valence-electron chi connectivity index (χ1n) is 5.32. The lowest BCUT2D eigenvalue weighted by molar-refractivity contribution is -0.644. The molecule has 1 aromatic carbocycles. The summed E-state index contributed by atoms with van der Waals surface area (Å²) in [5.41, 5.74) is 3.12. The number of fused-ring (bicyclic) bond motifs is 1. The van der Waals surface area contributed by atoms with Crippen molar-refractivity contribution in [3.63, 3.8) is 0 Å². The summed E-state index contributed by atoms with van der Waals surface area (Å²) in [6.07, 6.45) is 2.22. The standard InChI is InChI=1S/C12H14N2O2/c1-3-16-12(15)7-9-4-5-10-11(6-9)14(2)8-13-10/h4-6,8H,3,7H2,1-2H3/p+1. The highest BCUT2D eigenvalue weighted by atomic mass is 16.5. The van der Waals surface area contributed by atoms with Crippen molar-refractivity contribution in [2.45, 2.75) is 13.3 Å². The van der Waals surface area contributed by atoms with Crippen molar-refractivity contribution in [2.75, 3.05) is 6.61 Å². The third-order valence-corrected chi connectivity index (χ3v) is 2.51. The molecule has 0 aliphatic heterocycles. The number of aryl methyl sites for hydroxylation is 1. The van der Waals surface area contributed by atoms with Crippen LogP contribution in [0.1, 0.15) is 12.5 Å². The molecule has 0 unspecified atom stereocenters. The average molecular weight is 219 g/mol. The van der Waals surface area contributed by atoms with Gasteiger partial charge in [-0.2, -0.15) is 0 Å². The molecule has 0 aliphatic carbocycles. The van der Waals surface area contributed by atoms with Crippen molar-refractivity contribution in [1.82, 2.24) is 4.98 Å². The van der Waals surface area contributed by atoms with E-state index in [1.165, 1.54) is 0 Å². The van der Waals surface area contributed by atoms with E-state index in [0.29, 0.717) is 13.0 Å². The zero-order valence-electron chi connectivity index (χ0n) is 9.49. The normalized spacial score (nSPS) is 10.6. The Labute approximate surface area is 93.9 Å². The number of nitrogens with one attached hydrogen (secondary N) is 1. The summed E-state index contributed by atoms with van der Waals surface area (Å²) in [6, 6.07) is 5.92. The molecule has 0 spiro atoms. The number of carbonyl (C=O) groups excluding carboxylic acids is 1. The van der Waals surface area contributed by atoms with Gasteiger partial charge in [-0.25, -0.2) is 9.55 Å². The van der Waals surface area contributed by atoms with Crippen molar-refractivity contribution in [3.8, 4) is 0 Å². The largest absolute Gasteiger partial charge is 0.466 e. The lowest BCUT2D eigenvalue weighted by Gasteiger charge is -2.01. The zero-order valence-corrected chi connectivity index (χ0v) is 9.49. The number of carbonyl (C=O) groups is 1. The van der Waals surface area contributed by atoms with Crippen molar-refractivity contribution >= 4 is 17.0 Å². The topological polar surface area (TPSA) is 46.0 Å². The van der Waals surface area contributed by atoms with Gasteiger partial charge >= 0.3 is 5.97 Å². The summed E-state index contributed by atoms with van der Waals surface area (Å²) in [7, 11) is 1.97. The molecule has 0 bridgehead atoms. The molecule has 4 nitrogen and oxygen atoms in total. The summed E-state index contributed by atoms with van der Waals surface area (Å²) >= 11 is 0. The highest BCUT2D eigenvalue weighted by Gasteiger charge is 2.09. The molecule has 4 heteroatoms. The molecule has 0 saturated carbocycles. The summed E-state index contributed by atoms with van der Waals surface area (Å²) in [5.74, 6) is -0.181. The van der Waals surface area contributed by atoms with Crippen LogP contribution < -0.4 is 4.57 Å². The number of nitrogens with zero attached hydrogens (tertiary/aromatic N) is 1. The number of hydrogen-bond donors (Lipinski definition) is 1. The first-order valence-corrected chi connectivity index (χ1v) is 5.32. The molecule has 0 atom stereocenters. The Bertz CT molecular complexity index is 517. The summed E-state index contributed by atoms with van der Waals surface area (Å²) in [5, 5.41) is 0. The van der Waals surface area contributed by atoms with E-state index < -0.39 is 0 Å². The van der Waals surface area contributed by atoms with E-state index >= 15 is 0 Å². The maximum atomic E-state index is 11.3. The molecule has 2 aromatic rings. The number of hydrogen-bond acceptors (Lipinski definition) is 2. The Morgan fingerprint density at radius 3 is 3.06 bits per heavy atom. The molecule has 1 aromatic heterocycles. The molecular weight excluding hydrogens is 204 g/mol. The molecule has 0 amide bonds. The van der Waals surface area contributed by atoms with Gasteiger partial charge in [-0.3, -0.25) is 4.79 Å². The van der Waals surface area contributed by atoms with E-state index in [-0.39, 0.29) is 5.97 Å². The van der Waals surface area contributed by atoms with Crippen LogP contribution in [0, 0.1) is 0 Å². The van der Waals surface area contributed by atoms with E-state index in [2.05, 4.69) is 4.98 Å². The fourth-order valence-corrected chi connectivity index (χ4v) is 1.72. The maximum Gasteiger partial charge on any atom is 0.310 e. The van der Waals surface area contributed by atoms with Gasteiger partial charge in [-0.05, 0) is 24.6 Å². The van der Waals surface area contributed by atoms with Crippen LogP contribution in [-0.4, -0.2) is 17.6 Å². The molecule has 0 fully saturated rings. The molecule has 1 N–H and O–H groups in total. The quantitative estimate of drug-likeness (QED) is 0.620. The van der Waals surface area contributed by atoms with Crippen LogP contribution in [0.25, 0.3) is 11.0 Å². The predicted molar refractivity (Wildman–Crippen MR) is 59.8 cm³/mol. The molecule has 2 rings (SSSR count). The van der Waals surface area contributed by atoms with E-state index in [4.69, 9.17) is 4.74 Å². The predicted octanol–water partition coefficient (Wildman–Crippen LogP) is 1.10. The van der Waals surface area contributed by atoms with Gasteiger partial charge in [0.25, 0.3) is 0 Å². The average Bonchev–Trinajstić information content (AvgIpc) is 2.61. The minimum absolute atomic E-state index is 0.181. The SMILES string of the molecule is CCOC(=O)Cc1ccc2[nH]c[n+](C)c2c1. The maximum absolute atomic E-state index is 11.3. The van der Waals surface area contributed by atoms with Gasteiger partial charge in [0.05, 0.1) is 20.1 Å². The van der Waals surface area contributed by atoms with E-state index in [1.807, 2.05) is 43.1 Å². The zero-order chi connectivity index (χ0) is 11.5. The Hall–Kier alpha value is -1.84. The fourth-order valence-electron chi connectivity index (χ4n) is 1.72. The van der Waals surface area contributed by atoms with Crippen LogP contribution in [0.2, 0.25) is 0 Å². The van der Waals surface area contributed by atoms with Gasteiger partial charge in [0, 0.05) is 0 Å². The lowest BCUT2D eigenvalue weighted by atomic mass is 10.1. The summed E-state index contributed by atoms with van der Waals surface area (Å²) < 4.78 is 6.91. The van der Waals surface area contributed by atoms with Gasteiger partial charge in [-0.1, -0.05) is 6.07 Å². The van der Waals surface area contributed by atoms with Crippen LogP contribution in [0.3, 0.4) is 0 Å². The molecule has 0 aliphatic rings. The Morgan fingerprint density at radius 1 is 1.50 bits per heavy atom. The molecule has 0 radical (unpaired) electrons. The Morgan fingerprint density at radius 2 is 2.31 bits per heavy atom. The highest BCUT2D eigenvalue weighted by molar-refractivity contribution is 5.76. The third-order valence-electron chi connectivity index (χ3n) is 2.51.